The molecule has 0 unspecified atom stereocenters. The summed E-state index contributed by atoms with van der Waals surface area (Å²) in [6.45, 7) is 8.15. The Morgan fingerprint density at radius 2 is 1.86 bits per heavy atom. The molecule has 3 nitrogen and oxygen atoms in total. The predicted octanol–water partition coefficient (Wildman–Crippen LogP) is 0.452. The third-order valence-corrected chi connectivity index (χ3v) is 2.88. The largest absolute Gasteiger partial charge is 0.315 e. The van der Waals surface area contributed by atoms with Crippen molar-refractivity contribution in [1.29, 1.82) is 0 Å². The van der Waals surface area contributed by atoms with Crippen molar-refractivity contribution < 1.29 is 0 Å². The molecule has 1 fully saturated rings. The van der Waals surface area contributed by atoms with Gasteiger partial charge in [-0.2, -0.15) is 0 Å². The van der Waals surface area contributed by atoms with Crippen LogP contribution in [0.1, 0.15) is 6.42 Å². The fourth-order valence-corrected chi connectivity index (χ4v) is 1.82. The summed E-state index contributed by atoms with van der Waals surface area (Å²) >= 11 is 5.57. The molecule has 0 aromatic rings. The molecule has 1 aliphatic rings. The molecule has 0 amide bonds. The van der Waals surface area contributed by atoms with E-state index in [1.807, 2.05) is 0 Å². The topological polar surface area (TPSA) is 18.5 Å². The molecule has 4 heteroatoms. The standard InChI is InChI=1S/C10H22ClN3/c1-13-7-9-14(10-8-13)6-2-4-12-5-3-11/h12H,2-10H2,1H3. The van der Waals surface area contributed by atoms with Gasteiger partial charge in [0.25, 0.3) is 0 Å². The third kappa shape index (κ3) is 5.15. The molecule has 1 saturated heterocycles. The van der Waals surface area contributed by atoms with Crippen molar-refractivity contribution in [3.05, 3.63) is 0 Å². The van der Waals surface area contributed by atoms with Crippen LogP contribution in [0.2, 0.25) is 0 Å². The Morgan fingerprint density at radius 1 is 1.14 bits per heavy atom. The van der Waals surface area contributed by atoms with E-state index in [4.69, 9.17) is 11.6 Å². The van der Waals surface area contributed by atoms with E-state index < -0.39 is 0 Å². The molecule has 0 aromatic heterocycles. The molecule has 0 aliphatic carbocycles. The number of nitrogens with zero attached hydrogens (tertiary/aromatic N) is 2. The highest BCUT2D eigenvalue weighted by Gasteiger charge is 2.12. The summed E-state index contributed by atoms with van der Waals surface area (Å²) < 4.78 is 0. The second kappa shape index (κ2) is 7.46. The molecule has 0 aromatic carbocycles. The van der Waals surface area contributed by atoms with Crippen LogP contribution in [0.4, 0.5) is 0 Å². The molecule has 0 spiro atoms. The fraction of sp³-hybridized carbons (Fsp3) is 1.00. The van der Waals surface area contributed by atoms with Gasteiger partial charge in [0.2, 0.25) is 0 Å². The maximum absolute atomic E-state index is 5.57. The lowest BCUT2D eigenvalue weighted by molar-refractivity contribution is 0.153. The zero-order chi connectivity index (χ0) is 10.2. The van der Waals surface area contributed by atoms with E-state index >= 15 is 0 Å². The number of halogens is 1. The number of likely N-dealkylation sites (N-methyl/N-ethyl adjacent to an activating group) is 1. The summed E-state index contributed by atoms with van der Waals surface area (Å²) in [5.74, 6) is 0.717. The summed E-state index contributed by atoms with van der Waals surface area (Å²) in [5, 5.41) is 3.31. The van der Waals surface area contributed by atoms with E-state index in [-0.39, 0.29) is 0 Å². The van der Waals surface area contributed by atoms with Gasteiger partial charge in [-0.25, -0.2) is 0 Å². The minimum absolute atomic E-state index is 0.717. The molecule has 1 heterocycles. The number of rotatable bonds is 6. The van der Waals surface area contributed by atoms with Crippen molar-refractivity contribution in [2.24, 2.45) is 0 Å². The Balaban J connectivity index is 1.91. The van der Waals surface area contributed by atoms with Crippen LogP contribution in [0.25, 0.3) is 0 Å². The SMILES string of the molecule is CN1CCN(CCCNCCCl)CC1. The van der Waals surface area contributed by atoms with E-state index in [1.54, 1.807) is 0 Å². The first-order chi connectivity index (χ1) is 6.83. The van der Waals surface area contributed by atoms with E-state index in [1.165, 1.54) is 39.1 Å². The van der Waals surface area contributed by atoms with Gasteiger partial charge in [-0.05, 0) is 26.6 Å². The molecule has 1 aliphatic heterocycles. The monoisotopic (exact) mass is 219 g/mol. The van der Waals surface area contributed by atoms with Crippen LogP contribution in [0.3, 0.4) is 0 Å². The van der Waals surface area contributed by atoms with Crippen LogP contribution in [0.5, 0.6) is 0 Å². The lowest BCUT2D eigenvalue weighted by Gasteiger charge is -2.32. The minimum Gasteiger partial charge on any atom is -0.315 e. The van der Waals surface area contributed by atoms with Gasteiger partial charge in [0.1, 0.15) is 0 Å². The second-order valence-corrected chi connectivity index (χ2v) is 4.32. The van der Waals surface area contributed by atoms with E-state index in [0.717, 1.165) is 13.1 Å². The Bertz CT molecular complexity index is 135. The van der Waals surface area contributed by atoms with Gasteiger partial charge in [0.05, 0.1) is 0 Å². The Kier molecular flexibility index (Phi) is 6.52. The number of nitrogens with one attached hydrogen (secondary N) is 1. The van der Waals surface area contributed by atoms with Gasteiger partial charge in [-0.3, -0.25) is 0 Å². The van der Waals surface area contributed by atoms with Gasteiger partial charge >= 0.3 is 0 Å². The maximum Gasteiger partial charge on any atom is 0.0348 e. The molecule has 0 saturated carbocycles. The highest BCUT2D eigenvalue weighted by molar-refractivity contribution is 6.18. The lowest BCUT2D eigenvalue weighted by atomic mass is 10.3. The summed E-state index contributed by atoms with van der Waals surface area (Å²) in [4.78, 5) is 4.94. The van der Waals surface area contributed by atoms with Crippen molar-refractivity contribution in [3.8, 4) is 0 Å². The summed E-state index contributed by atoms with van der Waals surface area (Å²) in [6.07, 6.45) is 1.24. The Hall–Kier alpha value is 0.170. The molecule has 14 heavy (non-hydrogen) atoms. The zero-order valence-electron chi connectivity index (χ0n) is 9.14. The molecular weight excluding hydrogens is 198 g/mol. The van der Waals surface area contributed by atoms with Crippen LogP contribution in [0, 0.1) is 0 Å². The molecule has 1 rings (SSSR count). The minimum atomic E-state index is 0.717. The Morgan fingerprint density at radius 3 is 2.50 bits per heavy atom. The van der Waals surface area contributed by atoms with Gasteiger partial charge in [-0.1, -0.05) is 0 Å². The highest BCUT2D eigenvalue weighted by atomic mass is 35.5. The normalized spacial score (nSPS) is 20.1. The smallest absolute Gasteiger partial charge is 0.0348 e. The van der Waals surface area contributed by atoms with Crippen LogP contribution < -0.4 is 5.32 Å². The third-order valence-electron chi connectivity index (χ3n) is 2.70. The summed E-state index contributed by atoms with van der Waals surface area (Å²) in [5.41, 5.74) is 0. The molecule has 0 bridgehead atoms. The molecule has 1 N–H and O–H groups in total. The number of piperazine rings is 1. The van der Waals surface area contributed by atoms with Crippen molar-refractivity contribution in [1.82, 2.24) is 15.1 Å². The Labute approximate surface area is 92.4 Å². The average Bonchev–Trinajstić information content (AvgIpc) is 2.21. The first kappa shape index (κ1) is 12.2. The molecule has 84 valence electrons. The molecular formula is C10H22ClN3. The first-order valence-corrected chi connectivity index (χ1v) is 6.04. The average molecular weight is 220 g/mol. The number of hydrogen-bond donors (Lipinski definition) is 1. The zero-order valence-corrected chi connectivity index (χ0v) is 9.89. The number of hydrogen-bond acceptors (Lipinski definition) is 3. The van der Waals surface area contributed by atoms with E-state index in [2.05, 4.69) is 22.2 Å². The summed E-state index contributed by atoms with van der Waals surface area (Å²) in [7, 11) is 2.19. The van der Waals surface area contributed by atoms with Gasteiger partial charge in [0, 0.05) is 38.6 Å². The predicted molar refractivity (Wildman–Crippen MR) is 62.1 cm³/mol. The highest BCUT2D eigenvalue weighted by Crippen LogP contribution is 1.99. The van der Waals surface area contributed by atoms with Crippen molar-refractivity contribution >= 4 is 11.6 Å². The summed E-state index contributed by atoms with van der Waals surface area (Å²) in [6, 6.07) is 0. The van der Waals surface area contributed by atoms with Gasteiger partial charge in [0.15, 0.2) is 0 Å². The molecule has 0 radical (unpaired) electrons. The van der Waals surface area contributed by atoms with Crippen LogP contribution >= 0.6 is 11.6 Å². The van der Waals surface area contributed by atoms with Crippen LogP contribution in [-0.2, 0) is 0 Å². The quantitative estimate of drug-likeness (QED) is 0.517. The van der Waals surface area contributed by atoms with Gasteiger partial charge < -0.3 is 15.1 Å². The first-order valence-electron chi connectivity index (χ1n) is 5.50. The second-order valence-electron chi connectivity index (χ2n) is 3.94. The van der Waals surface area contributed by atoms with Crippen molar-refractivity contribution in [2.45, 2.75) is 6.42 Å². The van der Waals surface area contributed by atoms with E-state index in [9.17, 15) is 0 Å². The lowest BCUT2D eigenvalue weighted by Crippen LogP contribution is -2.45. The van der Waals surface area contributed by atoms with Crippen molar-refractivity contribution in [3.63, 3.8) is 0 Å². The van der Waals surface area contributed by atoms with E-state index in [0.29, 0.717) is 5.88 Å². The van der Waals surface area contributed by atoms with Crippen LogP contribution in [-0.4, -0.2) is 68.5 Å². The maximum atomic E-state index is 5.57. The van der Waals surface area contributed by atoms with Crippen LogP contribution in [0.15, 0.2) is 0 Å². The number of alkyl halides is 1. The molecule has 0 atom stereocenters. The fourth-order valence-electron chi connectivity index (χ4n) is 1.69. The van der Waals surface area contributed by atoms with Crippen molar-refractivity contribution in [2.75, 3.05) is 58.7 Å². The van der Waals surface area contributed by atoms with Gasteiger partial charge in [-0.15, -0.1) is 11.6 Å².